The first-order valence-electron chi connectivity index (χ1n) is 11.3. The van der Waals surface area contributed by atoms with Crippen molar-refractivity contribution < 1.29 is 5.11 Å². The van der Waals surface area contributed by atoms with E-state index in [1.165, 1.54) is 62.6 Å². The van der Waals surface area contributed by atoms with Crippen molar-refractivity contribution in [3.05, 3.63) is 66.2 Å². The van der Waals surface area contributed by atoms with Gasteiger partial charge in [0.05, 0.1) is 11.6 Å². The predicted molar refractivity (Wildman–Crippen MR) is 120 cm³/mol. The molecule has 0 amide bonds. The molecule has 0 radical (unpaired) electrons. The zero-order valence-corrected chi connectivity index (χ0v) is 17.5. The summed E-state index contributed by atoms with van der Waals surface area (Å²) in [4.78, 5) is 2.56. The van der Waals surface area contributed by atoms with Crippen molar-refractivity contribution >= 4 is 5.69 Å². The monoisotopic (exact) mass is 379 g/mol. The molecule has 2 aromatic rings. The largest absolute Gasteiger partial charge is 0.396 e. The SMILES string of the molecule is CCCCCCCCCC[C@@]1(CCO)[C@@H](c2ccccc2)N1c1ccccc1. The van der Waals surface area contributed by atoms with Gasteiger partial charge >= 0.3 is 0 Å². The number of hydrogen-bond acceptors (Lipinski definition) is 2. The summed E-state index contributed by atoms with van der Waals surface area (Å²) in [7, 11) is 0. The average molecular weight is 380 g/mol. The van der Waals surface area contributed by atoms with Crippen LogP contribution in [-0.4, -0.2) is 17.3 Å². The smallest absolute Gasteiger partial charge is 0.0782 e. The first-order valence-corrected chi connectivity index (χ1v) is 11.3. The number of benzene rings is 2. The molecule has 1 saturated heterocycles. The fraction of sp³-hybridized carbons (Fsp3) is 0.538. The Balaban J connectivity index is 1.64. The third kappa shape index (κ3) is 4.97. The molecule has 28 heavy (non-hydrogen) atoms. The molecule has 0 bridgehead atoms. The number of unbranched alkanes of at least 4 members (excludes halogenated alkanes) is 7. The molecule has 0 unspecified atom stereocenters. The normalized spacial score (nSPS) is 21.1. The zero-order chi connectivity index (χ0) is 19.7. The minimum Gasteiger partial charge on any atom is -0.396 e. The van der Waals surface area contributed by atoms with Crippen molar-refractivity contribution in [2.45, 2.75) is 82.7 Å². The first kappa shape index (κ1) is 20.9. The summed E-state index contributed by atoms with van der Waals surface area (Å²) in [6.45, 7) is 2.53. The number of nitrogens with zero attached hydrogens (tertiary/aromatic N) is 1. The summed E-state index contributed by atoms with van der Waals surface area (Å²) in [6.07, 6.45) is 12.8. The minimum absolute atomic E-state index is 0.0691. The predicted octanol–water partition coefficient (Wildman–Crippen LogP) is 6.90. The zero-order valence-electron chi connectivity index (χ0n) is 17.5. The highest BCUT2D eigenvalue weighted by atomic mass is 16.3. The standard InChI is InChI=1S/C26H37NO/c1-2-3-4-5-6-7-8-15-20-26(21-22-28)25(23-16-11-9-12-17-23)27(26)24-18-13-10-14-19-24/h9-14,16-19,25,28H,2-8,15,20-22H2,1H3/t25-,26-,27?/m1/s1. The number of aliphatic hydroxyl groups excluding tert-OH is 1. The Morgan fingerprint density at radius 2 is 1.32 bits per heavy atom. The van der Waals surface area contributed by atoms with Crippen LogP contribution in [0.2, 0.25) is 0 Å². The molecular weight excluding hydrogens is 342 g/mol. The first-order chi connectivity index (χ1) is 13.8. The summed E-state index contributed by atoms with van der Waals surface area (Å²) in [6, 6.07) is 22.0. The maximum Gasteiger partial charge on any atom is 0.0782 e. The summed E-state index contributed by atoms with van der Waals surface area (Å²) in [5, 5.41) is 9.87. The van der Waals surface area contributed by atoms with Gasteiger partial charge in [0, 0.05) is 12.3 Å². The summed E-state index contributed by atoms with van der Waals surface area (Å²) in [5.41, 5.74) is 2.73. The molecule has 2 nitrogen and oxygen atoms in total. The van der Waals surface area contributed by atoms with Gasteiger partial charge in [0.25, 0.3) is 0 Å². The van der Waals surface area contributed by atoms with Crippen LogP contribution in [0.3, 0.4) is 0 Å². The molecule has 1 heterocycles. The summed E-state index contributed by atoms with van der Waals surface area (Å²) in [5.74, 6) is 0. The maximum atomic E-state index is 9.87. The number of para-hydroxylation sites is 1. The van der Waals surface area contributed by atoms with Crippen LogP contribution in [-0.2, 0) is 0 Å². The molecule has 2 heteroatoms. The van der Waals surface area contributed by atoms with Crippen LogP contribution in [0.25, 0.3) is 0 Å². The van der Waals surface area contributed by atoms with Crippen molar-refractivity contribution in [1.29, 1.82) is 0 Å². The van der Waals surface area contributed by atoms with Crippen LogP contribution in [0.4, 0.5) is 5.69 Å². The number of hydrogen-bond donors (Lipinski definition) is 1. The van der Waals surface area contributed by atoms with E-state index in [2.05, 4.69) is 72.5 Å². The van der Waals surface area contributed by atoms with E-state index in [0.29, 0.717) is 6.04 Å². The molecule has 0 aromatic heterocycles. The average Bonchev–Trinajstić information content (AvgIpc) is 3.39. The van der Waals surface area contributed by atoms with Gasteiger partial charge in [-0.2, -0.15) is 0 Å². The number of aliphatic hydroxyl groups is 1. The fourth-order valence-corrected chi connectivity index (χ4v) is 4.86. The van der Waals surface area contributed by atoms with Gasteiger partial charge in [0.15, 0.2) is 0 Å². The van der Waals surface area contributed by atoms with Crippen LogP contribution in [0.5, 0.6) is 0 Å². The number of rotatable bonds is 13. The Labute approximate surface area is 171 Å². The van der Waals surface area contributed by atoms with Gasteiger partial charge in [-0.05, 0) is 30.5 Å². The van der Waals surface area contributed by atoms with Gasteiger partial charge in [0.2, 0.25) is 0 Å². The fourth-order valence-electron chi connectivity index (χ4n) is 4.86. The molecule has 2 atom stereocenters. The molecule has 0 aliphatic carbocycles. The van der Waals surface area contributed by atoms with Gasteiger partial charge in [-0.15, -0.1) is 0 Å². The van der Waals surface area contributed by atoms with Gasteiger partial charge in [-0.1, -0.05) is 107 Å². The van der Waals surface area contributed by atoms with E-state index in [1.807, 2.05) is 0 Å². The Bertz CT molecular complexity index is 624. The number of anilines is 1. The van der Waals surface area contributed by atoms with E-state index in [4.69, 9.17) is 0 Å². The second-order valence-electron chi connectivity index (χ2n) is 8.32. The van der Waals surface area contributed by atoms with Crippen LogP contribution < -0.4 is 4.90 Å². The third-order valence-corrected chi connectivity index (χ3v) is 6.34. The second-order valence-corrected chi connectivity index (χ2v) is 8.32. The molecule has 1 fully saturated rings. The molecule has 3 rings (SSSR count). The van der Waals surface area contributed by atoms with Gasteiger partial charge in [-0.25, -0.2) is 0 Å². The molecule has 1 aliphatic rings. The molecule has 1 aliphatic heterocycles. The van der Waals surface area contributed by atoms with Crippen molar-refractivity contribution in [3.63, 3.8) is 0 Å². The van der Waals surface area contributed by atoms with Crippen molar-refractivity contribution in [2.75, 3.05) is 11.5 Å². The summed E-state index contributed by atoms with van der Waals surface area (Å²) < 4.78 is 0. The quantitative estimate of drug-likeness (QED) is 0.302. The lowest BCUT2D eigenvalue weighted by Gasteiger charge is -2.17. The minimum atomic E-state index is 0.0691. The summed E-state index contributed by atoms with van der Waals surface area (Å²) >= 11 is 0. The van der Waals surface area contributed by atoms with E-state index in [1.54, 1.807) is 0 Å². The topological polar surface area (TPSA) is 23.2 Å². The highest BCUT2D eigenvalue weighted by molar-refractivity contribution is 5.63. The molecule has 0 saturated carbocycles. The molecule has 1 N–H and O–H groups in total. The van der Waals surface area contributed by atoms with Gasteiger partial charge in [-0.3, -0.25) is 0 Å². The lowest BCUT2D eigenvalue weighted by atomic mass is 9.90. The maximum absolute atomic E-state index is 9.87. The highest BCUT2D eigenvalue weighted by Gasteiger charge is 2.61. The molecule has 2 aromatic carbocycles. The van der Waals surface area contributed by atoms with E-state index in [0.717, 1.165) is 12.8 Å². The van der Waals surface area contributed by atoms with Crippen LogP contribution >= 0.6 is 0 Å². The lowest BCUT2D eigenvalue weighted by molar-refractivity contribution is 0.263. The highest BCUT2D eigenvalue weighted by Crippen LogP contribution is 2.60. The van der Waals surface area contributed by atoms with Gasteiger partial charge < -0.3 is 10.0 Å². The molecule has 0 spiro atoms. The molecule has 152 valence electrons. The van der Waals surface area contributed by atoms with E-state index in [-0.39, 0.29) is 12.1 Å². The Morgan fingerprint density at radius 1 is 0.750 bits per heavy atom. The van der Waals surface area contributed by atoms with Crippen LogP contribution in [0.1, 0.15) is 82.7 Å². The van der Waals surface area contributed by atoms with Crippen LogP contribution in [0.15, 0.2) is 60.7 Å². The second kappa shape index (κ2) is 10.7. The van der Waals surface area contributed by atoms with Crippen molar-refractivity contribution in [1.82, 2.24) is 0 Å². The Morgan fingerprint density at radius 3 is 1.93 bits per heavy atom. The Hall–Kier alpha value is -1.80. The lowest BCUT2D eigenvalue weighted by Crippen LogP contribution is -2.20. The van der Waals surface area contributed by atoms with Crippen molar-refractivity contribution in [2.24, 2.45) is 0 Å². The van der Waals surface area contributed by atoms with Crippen molar-refractivity contribution in [3.8, 4) is 0 Å². The van der Waals surface area contributed by atoms with E-state index < -0.39 is 0 Å². The van der Waals surface area contributed by atoms with Gasteiger partial charge in [0.1, 0.15) is 0 Å². The van der Waals surface area contributed by atoms with E-state index in [9.17, 15) is 5.11 Å². The van der Waals surface area contributed by atoms with E-state index >= 15 is 0 Å². The Kier molecular flexibility index (Phi) is 7.97. The third-order valence-electron chi connectivity index (χ3n) is 6.34. The van der Waals surface area contributed by atoms with Crippen LogP contribution in [0, 0.1) is 0 Å². The molecular formula is C26H37NO.